The van der Waals surface area contributed by atoms with Crippen LogP contribution in [0.3, 0.4) is 0 Å². The van der Waals surface area contributed by atoms with Gasteiger partial charge in [-0.3, -0.25) is 14.9 Å². The first-order valence-corrected chi connectivity index (χ1v) is 6.42. The maximum absolute atomic E-state index is 11.7. The maximum atomic E-state index is 11.7. The number of aromatic nitrogens is 1. The van der Waals surface area contributed by atoms with Crippen molar-refractivity contribution in [3.63, 3.8) is 0 Å². The van der Waals surface area contributed by atoms with E-state index in [0.29, 0.717) is 12.2 Å². The standard InChI is InChI=1S/C13H20N2O3/c1-3-4-5-6-7-10-14-11(2)12(15(17)18)8-9-13(14)16/h8-9H,3-7,10H2,1-2H3. The molecule has 0 aromatic carbocycles. The lowest BCUT2D eigenvalue weighted by atomic mass is 10.1. The van der Waals surface area contributed by atoms with Gasteiger partial charge in [0.2, 0.25) is 0 Å². The van der Waals surface area contributed by atoms with Gasteiger partial charge in [-0.1, -0.05) is 32.6 Å². The zero-order valence-electron chi connectivity index (χ0n) is 11.0. The molecule has 0 aliphatic carbocycles. The van der Waals surface area contributed by atoms with Crippen LogP contribution in [0.1, 0.15) is 44.7 Å². The fourth-order valence-electron chi connectivity index (χ4n) is 2.01. The third-order valence-electron chi connectivity index (χ3n) is 3.11. The third-order valence-corrected chi connectivity index (χ3v) is 3.11. The van der Waals surface area contributed by atoms with Gasteiger partial charge in [-0.15, -0.1) is 0 Å². The van der Waals surface area contributed by atoms with Crippen LogP contribution in [0.4, 0.5) is 5.69 Å². The van der Waals surface area contributed by atoms with Crippen molar-refractivity contribution in [1.29, 1.82) is 0 Å². The van der Waals surface area contributed by atoms with E-state index >= 15 is 0 Å². The highest BCUT2D eigenvalue weighted by Gasteiger charge is 2.14. The summed E-state index contributed by atoms with van der Waals surface area (Å²) in [6.45, 7) is 4.34. The summed E-state index contributed by atoms with van der Waals surface area (Å²) in [7, 11) is 0. The van der Waals surface area contributed by atoms with Crippen molar-refractivity contribution in [3.05, 3.63) is 38.3 Å². The van der Waals surface area contributed by atoms with E-state index < -0.39 is 4.92 Å². The molecule has 5 heteroatoms. The molecule has 0 saturated heterocycles. The van der Waals surface area contributed by atoms with E-state index in [9.17, 15) is 14.9 Å². The SMILES string of the molecule is CCCCCCCn1c(C)c([N+](=O)[O-])ccc1=O. The highest BCUT2D eigenvalue weighted by molar-refractivity contribution is 5.34. The molecule has 1 heterocycles. The Morgan fingerprint density at radius 3 is 2.50 bits per heavy atom. The van der Waals surface area contributed by atoms with Gasteiger partial charge in [0.15, 0.2) is 0 Å². The topological polar surface area (TPSA) is 65.1 Å². The van der Waals surface area contributed by atoms with Crippen LogP contribution < -0.4 is 5.56 Å². The van der Waals surface area contributed by atoms with Gasteiger partial charge in [-0.25, -0.2) is 0 Å². The maximum Gasteiger partial charge on any atom is 0.288 e. The summed E-state index contributed by atoms with van der Waals surface area (Å²) >= 11 is 0. The van der Waals surface area contributed by atoms with Crippen molar-refractivity contribution in [2.45, 2.75) is 52.5 Å². The van der Waals surface area contributed by atoms with Gasteiger partial charge < -0.3 is 4.57 Å². The van der Waals surface area contributed by atoms with Crippen LogP contribution in [0, 0.1) is 17.0 Å². The Kier molecular flexibility index (Phi) is 5.55. The van der Waals surface area contributed by atoms with E-state index in [1.54, 1.807) is 6.92 Å². The lowest BCUT2D eigenvalue weighted by Crippen LogP contribution is -2.22. The fraction of sp³-hybridized carbons (Fsp3) is 0.615. The van der Waals surface area contributed by atoms with E-state index in [4.69, 9.17) is 0 Å². The highest BCUT2D eigenvalue weighted by atomic mass is 16.6. The lowest BCUT2D eigenvalue weighted by Gasteiger charge is -2.09. The van der Waals surface area contributed by atoms with Crippen LogP contribution >= 0.6 is 0 Å². The van der Waals surface area contributed by atoms with Crippen LogP contribution in [0.5, 0.6) is 0 Å². The molecule has 0 atom stereocenters. The van der Waals surface area contributed by atoms with Crippen LogP contribution in [0.2, 0.25) is 0 Å². The molecular formula is C13H20N2O3. The average molecular weight is 252 g/mol. The number of pyridine rings is 1. The highest BCUT2D eigenvalue weighted by Crippen LogP contribution is 2.15. The number of rotatable bonds is 7. The minimum absolute atomic E-state index is 0.0168. The van der Waals surface area contributed by atoms with Crippen molar-refractivity contribution in [2.24, 2.45) is 0 Å². The van der Waals surface area contributed by atoms with E-state index in [-0.39, 0.29) is 11.2 Å². The number of hydrogen-bond donors (Lipinski definition) is 0. The fourth-order valence-corrected chi connectivity index (χ4v) is 2.01. The van der Waals surface area contributed by atoms with Crippen molar-refractivity contribution < 1.29 is 4.92 Å². The zero-order valence-corrected chi connectivity index (χ0v) is 11.0. The minimum atomic E-state index is -0.442. The largest absolute Gasteiger partial charge is 0.306 e. The summed E-state index contributed by atoms with van der Waals surface area (Å²) < 4.78 is 1.50. The molecule has 0 aliphatic rings. The van der Waals surface area contributed by atoms with Gasteiger partial charge in [0.1, 0.15) is 0 Å². The van der Waals surface area contributed by atoms with E-state index in [1.165, 1.54) is 29.5 Å². The van der Waals surface area contributed by atoms with Gasteiger partial charge in [0.25, 0.3) is 11.2 Å². The first kappa shape index (κ1) is 14.4. The number of unbranched alkanes of at least 4 members (excludes halogenated alkanes) is 4. The molecule has 0 spiro atoms. The summed E-state index contributed by atoms with van der Waals surface area (Å²) in [6.07, 6.45) is 5.47. The third kappa shape index (κ3) is 3.68. The molecule has 0 bridgehead atoms. The molecule has 0 aliphatic heterocycles. The number of hydrogen-bond acceptors (Lipinski definition) is 3. The van der Waals surface area contributed by atoms with Gasteiger partial charge in [-0.05, 0) is 13.3 Å². The summed E-state index contributed by atoms with van der Waals surface area (Å²) in [5.41, 5.74) is 0.305. The van der Waals surface area contributed by atoms with E-state index in [2.05, 4.69) is 6.92 Å². The van der Waals surface area contributed by atoms with Gasteiger partial charge in [-0.2, -0.15) is 0 Å². The quantitative estimate of drug-likeness (QED) is 0.425. The Labute approximate surface area is 107 Å². The molecule has 0 amide bonds. The molecule has 100 valence electrons. The molecule has 0 unspecified atom stereocenters. The summed E-state index contributed by atoms with van der Waals surface area (Å²) in [5, 5.41) is 10.8. The van der Waals surface area contributed by atoms with Crippen LogP contribution in [-0.2, 0) is 6.54 Å². The van der Waals surface area contributed by atoms with Gasteiger partial charge >= 0.3 is 0 Å². The molecule has 0 saturated carbocycles. The van der Waals surface area contributed by atoms with Crippen molar-refractivity contribution >= 4 is 5.69 Å². The normalized spacial score (nSPS) is 10.6. The molecule has 1 aromatic heterocycles. The van der Waals surface area contributed by atoms with Crippen molar-refractivity contribution in [2.75, 3.05) is 0 Å². The van der Waals surface area contributed by atoms with Crippen LogP contribution in [-0.4, -0.2) is 9.49 Å². The van der Waals surface area contributed by atoms with Crippen LogP contribution in [0.15, 0.2) is 16.9 Å². The Morgan fingerprint density at radius 2 is 1.89 bits per heavy atom. The van der Waals surface area contributed by atoms with Gasteiger partial charge in [0, 0.05) is 18.7 Å². The Balaban J connectivity index is 2.73. The second kappa shape index (κ2) is 6.93. The monoisotopic (exact) mass is 252 g/mol. The predicted molar refractivity (Wildman–Crippen MR) is 70.9 cm³/mol. The predicted octanol–water partition coefficient (Wildman–Crippen LogP) is 3.04. The number of nitrogens with zero attached hydrogens (tertiary/aromatic N) is 2. The smallest absolute Gasteiger partial charge is 0.288 e. The van der Waals surface area contributed by atoms with Gasteiger partial charge in [0.05, 0.1) is 10.6 Å². The van der Waals surface area contributed by atoms with E-state index in [1.807, 2.05) is 0 Å². The number of nitro groups is 1. The molecule has 1 aromatic rings. The minimum Gasteiger partial charge on any atom is -0.306 e. The van der Waals surface area contributed by atoms with Crippen molar-refractivity contribution in [3.8, 4) is 0 Å². The van der Waals surface area contributed by atoms with E-state index in [0.717, 1.165) is 19.3 Å². The summed E-state index contributed by atoms with van der Waals surface area (Å²) in [6, 6.07) is 2.56. The first-order chi connectivity index (χ1) is 8.57. The van der Waals surface area contributed by atoms with Crippen LogP contribution in [0.25, 0.3) is 0 Å². The summed E-state index contributed by atoms with van der Waals surface area (Å²) in [5.74, 6) is 0. The Morgan fingerprint density at radius 1 is 1.22 bits per heavy atom. The average Bonchev–Trinajstić information content (AvgIpc) is 2.32. The Hall–Kier alpha value is -1.65. The lowest BCUT2D eigenvalue weighted by molar-refractivity contribution is -0.386. The zero-order chi connectivity index (χ0) is 13.5. The molecule has 0 fully saturated rings. The second-order valence-electron chi connectivity index (χ2n) is 4.47. The first-order valence-electron chi connectivity index (χ1n) is 6.42. The molecular weight excluding hydrogens is 232 g/mol. The molecule has 1 rings (SSSR count). The second-order valence-corrected chi connectivity index (χ2v) is 4.47. The van der Waals surface area contributed by atoms with Crippen molar-refractivity contribution in [1.82, 2.24) is 4.57 Å². The molecule has 0 radical (unpaired) electrons. The molecule has 5 nitrogen and oxygen atoms in total. The summed E-state index contributed by atoms with van der Waals surface area (Å²) in [4.78, 5) is 22.0. The molecule has 0 N–H and O–H groups in total. The molecule has 18 heavy (non-hydrogen) atoms. The Bertz CT molecular complexity index is 466.